The fraction of sp³-hybridized carbons (Fsp3) is 0.333. The number of hydrogen-bond donors (Lipinski definition) is 2. The summed E-state index contributed by atoms with van der Waals surface area (Å²) in [4.78, 5) is 7.86. The molecule has 0 unspecified atom stereocenters. The van der Waals surface area contributed by atoms with Crippen molar-refractivity contribution >= 4 is 5.95 Å². The minimum atomic E-state index is 0.601. The molecule has 4 nitrogen and oxygen atoms in total. The average molecular weight is 138 g/mol. The minimum absolute atomic E-state index is 0.601. The fourth-order valence-corrected chi connectivity index (χ4v) is 0.531. The van der Waals surface area contributed by atoms with Crippen molar-refractivity contribution in [2.75, 3.05) is 12.0 Å². The number of hydrazine groups is 1. The molecular formula is C6H10N4. The lowest BCUT2D eigenvalue weighted by Crippen LogP contribution is -2.21. The maximum absolute atomic E-state index is 3.93. The standard InChI is InChI=1S/C6H10N4/c1-2-9-10-6-7-4-3-5-8-6/h3-5,9H,2H2,1H3,(H,7,8,10). The van der Waals surface area contributed by atoms with E-state index in [0.717, 1.165) is 6.54 Å². The van der Waals surface area contributed by atoms with Crippen molar-refractivity contribution in [3.63, 3.8) is 0 Å². The van der Waals surface area contributed by atoms with Gasteiger partial charge in [0.05, 0.1) is 0 Å². The number of aromatic nitrogens is 2. The lowest BCUT2D eigenvalue weighted by Gasteiger charge is -2.01. The molecule has 1 rings (SSSR count). The molecule has 0 radical (unpaired) electrons. The van der Waals surface area contributed by atoms with Crippen LogP contribution >= 0.6 is 0 Å². The summed E-state index contributed by atoms with van der Waals surface area (Å²) in [6, 6.07) is 1.77. The first-order valence-corrected chi connectivity index (χ1v) is 3.19. The van der Waals surface area contributed by atoms with Gasteiger partial charge in [0, 0.05) is 18.9 Å². The zero-order valence-electron chi connectivity index (χ0n) is 5.83. The second-order valence-corrected chi connectivity index (χ2v) is 1.73. The molecule has 54 valence electrons. The summed E-state index contributed by atoms with van der Waals surface area (Å²) >= 11 is 0. The van der Waals surface area contributed by atoms with Crippen LogP contribution in [0.1, 0.15) is 6.92 Å². The van der Waals surface area contributed by atoms with Crippen molar-refractivity contribution < 1.29 is 0 Å². The Labute approximate surface area is 59.7 Å². The molecule has 0 aliphatic rings. The Balaban J connectivity index is 2.43. The molecule has 2 N–H and O–H groups in total. The summed E-state index contributed by atoms with van der Waals surface area (Å²) in [6.45, 7) is 2.84. The van der Waals surface area contributed by atoms with E-state index in [1.807, 2.05) is 6.92 Å². The Morgan fingerprint density at radius 3 is 2.70 bits per heavy atom. The molecule has 0 fully saturated rings. The largest absolute Gasteiger partial charge is 0.290 e. The third-order valence-corrected chi connectivity index (χ3v) is 0.943. The van der Waals surface area contributed by atoms with Gasteiger partial charge in [-0.15, -0.1) is 0 Å². The third kappa shape index (κ3) is 1.99. The van der Waals surface area contributed by atoms with E-state index in [1.165, 1.54) is 0 Å². The van der Waals surface area contributed by atoms with Crippen LogP contribution in [0.3, 0.4) is 0 Å². The lowest BCUT2D eigenvalue weighted by molar-refractivity contribution is 0.824. The second-order valence-electron chi connectivity index (χ2n) is 1.73. The van der Waals surface area contributed by atoms with Crippen molar-refractivity contribution in [1.82, 2.24) is 15.4 Å². The molecule has 0 saturated heterocycles. The number of nitrogens with zero attached hydrogens (tertiary/aromatic N) is 2. The quantitative estimate of drug-likeness (QED) is 0.594. The van der Waals surface area contributed by atoms with Gasteiger partial charge in [0.15, 0.2) is 0 Å². The van der Waals surface area contributed by atoms with Crippen LogP contribution in [0.2, 0.25) is 0 Å². The molecular weight excluding hydrogens is 128 g/mol. The number of anilines is 1. The molecule has 1 aromatic rings. The first-order chi connectivity index (χ1) is 4.93. The molecule has 0 saturated carbocycles. The smallest absolute Gasteiger partial charge is 0.237 e. The van der Waals surface area contributed by atoms with Gasteiger partial charge in [-0.05, 0) is 6.07 Å². The predicted molar refractivity (Wildman–Crippen MR) is 39.3 cm³/mol. The van der Waals surface area contributed by atoms with Crippen molar-refractivity contribution in [3.8, 4) is 0 Å². The van der Waals surface area contributed by atoms with E-state index in [9.17, 15) is 0 Å². The van der Waals surface area contributed by atoms with Crippen LogP contribution in [0, 0.1) is 0 Å². The average Bonchev–Trinajstić information content (AvgIpc) is 2.03. The van der Waals surface area contributed by atoms with Crippen molar-refractivity contribution in [2.45, 2.75) is 6.92 Å². The fourth-order valence-electron chi connectivity index (χ4n) is 0.531. The van der Waals surface area contributed by atoms with Crippen molar-refractivity contribution in [3.05, 3.63) is 18.5 Å². The summed E-state index contributed by atoms with van der Waals surface area (Å²) < 4.78 is 0. The van der Waals surface area contributed by atoms with Crippen LogP contribution in [-0.2, 0) is 0 Å². The van der Waals surface area contributed by atoms with E-state index in [0.29, 0.717) is 5.95 Å². The lowest BCUT2D eigenvalue weighted by atomic mass is 10.7. The molecule has 0 aliphatic heterocycles. The van der Waals surface area contributed by atoms with Crippen LogP contribution in [0.4, 0.5) is 5.95 Å². The summed E-state index contributed by atoms with van der Waals surface area (Å²) in [5.74, 6) is 0.601. The second kappa shape index (κ2) is 3.79. The maximum Gasteiger partial charge on any atom is 0.237 e. The topological polar surface area (TPSA) is 49.8 Å². The van der Waals surface area contributed by atoms with Gasteiger partial charge in [0.2, 0.25) is 5.95 Å². The highest BCUT2D eigenvalue weighted by molar-refractivity contribution is 5.19. The van der Waals surface area contributed by atoms with Gasteiger partial charge in [-0.2, -0.15) is 0 Å². The molecule has 4 heteroatoms. The summed E-state index contributed by atoms with van der Waals surface area (Å²) in [5.41, 5.74) is 5.71. The molecule has 0 amide bonds. The Bertz CT molecular complexity index is 174. The first-order valence-electron chi connectivity index (χ1n) is 3.19. The van der Waals surface area contributed by atoms with Crippen LogP contribution in [-0.4, -0.2) is 16.5 Å². The zero-order chi connectivity index (χ0) is 7.23. The van der Waals surface area contributed by atoms with Gasteiger partial charge in [-0.3, -0.25) is 5.43 Å². The van der Waals surface area contributed by atoms with E-state index in [1.54, 1.807) is 18.5 Å². The van der Waals surface area contributed by atoms with Crippen LogP contribution in [0.25, 0.3) is 0 Å². The molecule has 10 heavy (non-hydrogen) atoms. The predicted octanol–water partition coefficient (Wildman–Crippen LogP) is 0.413. The SMILES string of the molecule is CCNNc1ncccn1. The zero-order valence-corrected chi connectivity index (χ0v) is 5.83. The summed E-state index contributed by atoms with van der Waals surface area (Å²) in [5, 5.41) is 0. The Morgan fingerprint density at radius 1 is 1.40 bits per heavy atom. The first kappa shape index (κ1) is 6.95. The van der Waals surface area contributed by atoms with Gasteiger partial charge in [0.25, 0.3) is 0 Å². The Morgan fingerprint density at radius 2 is 2.10 bits per heavy atom. The highest BCUT2D eigenvalue weighted by atomic mass is 15.4. The number of hydrogen-bond acceptors (Lipinski definition) is 4. The van der Waals surface area contributed by atoms with Crippen molar-refractivity contribution in [1.29, 1.82) is 0 Å². The van der Waals surface area contributed by atoms with E-state index in [2.05, 4.69) is 20.8 Å². The Kier molecular flexibility index (Phi) is 2.63. The van der Waals surface area contributed by atoms with Gasteiger partial charge in [-0.1, -0.05) is 6.92 Å². The molecule has 0 aromatic carbocycles. The van der Waals surface area contributed by atoms with E-state index in [4.69, 9.17) is 0 Å². The van der Waals surface area contributed by atoms with E-state index >= 15 is 0 Å². The number of rotatable bonds is 3. The molecule has 1 aromatic heterocycles. The van der Waals surface area contributed by atoms with Crippen LogP contribution in [0.5, 0.6) is 0 Å². The Hall–Kier alpha value is -1.16. The number of nitrogens with one attached hydrogen (secondary N) is 2. The summed E-state index contributed by atoms with van der Waals surface area (Å²) in [7, 11) is 0. The van der Waals surface area contributed by atoms with Crippen molar-refractivity contribution in [2.24, 2.45) is 0 Å². The molecule has 0 aliphatic carbocycles. The highest BCUT2D eigenvalue weighted by Gasteiger charge is 1.86. The molecule has 1 heterocycles. The minimum Gasteiger partial charge on any atom is -0.290 e. The van der Waals surface area contributed by atoms with E-state index in [-0.39, 0.29) is 0 Å². The van der Waals surface area contributed by atoms with Gasteiger partial charge >= 0.3 is 0 Å². The normalized spacial score (nSPS) is 9.30. The molecule has 0 spiro atoms. The highest BCUT2D eigenvalue weighted by Crippen LogP contribution is 1.89. The molecule has 0 atom stereocenters. The van der Waals surface area contributed by atoms with Crippen LogP contribution in [0.15, 0.2) is 18.5 Å². The maximum atomic E-state index is 3.93. The van der Waals surface area contributed by atoms with Gasteiger partial charge in [-0.25, -0.2) is 15.4 Å². The van der Waals surface area contributed by atoms with Gasteiger partial charge in [0.1, 0.15) is 0 Å². The van der Waals surface area contributed by atoms with Gasteiger partial charge < -0.3 is 0 Å². The summed E-state index contributed by atoms with van der Waals surface area (Å²) in [6.07, 6.45) is 3.37. The monoisotopic (exact) mass is 138 g/mol. The molecule has 0 bridgehead atoms. The van der Waals surface area contributed by atoms with Crippen LogP contribution < -0.4 is 10.9 Å². The van der Waals surface area contributed by atoms with E-state index < -0.39 is 0 Å². The third-order valence-electron chi connectivity index (χ3n) is 0.943.